The van der Waals surface area contributed by atoms with Crippen LogP contribution < -0.4 is 0 Å². The third-order valence-electron chi connectivity index (χ3n) is 3.33. The van der Waals surface area contributed by atoms with Crippen LogP contribution in [0, 0.1) is 11.3 Å². The quantitative estimate of drug-likeness (QED) is 0.566. The molecular formula is C19H15N3. The minimum Gasteiger partial charge on any atom is -0.337 e. The first-order valence-electron chi connectivity index (χ1n) is 7.06. The van der Waals surface area contributed by atoms with Gasteiger partial charge in [0.2, 0.25) is 0 Å². The highest BCUT2D eigenvalue weighted by molar-refractivity contribution is 5.83. The van der Waals surface area contributed by atoms with E-state index in [1.54, 1.807) is 0 Å². The minimum atomic E-state index is 0.529. The molecule has 1 heterocycles. The summed E-state index contributed by atoms with van der Waals surface area (Å²) in [5.41, 5.74) is 4.44. The number of rotatable bonds is 3. The number of imidazole rings is 1. The molecule has 0 aliphatic carbocycles. The van der Waals surface area contributed by atoms with Crippen LogP contribution >= 0.6 is 0 Å². The SMILES string of the molecule is CC(=Cc1ccccc1)C=C(C#N)c1nc2ccccc2[nH]1. The molecule has 0 saturated carbocycles. The fourth-order valence-electron chi connectivity index (χ4n) is 2.32. The van der Waals surface area contributed by atoms with Gasteiger partial charge >= 0.3 is 0 Å². The molecule has 0 unspecified atom stereocenters. The molecule has 0 amide bonds. The normalized spacial score (nSPS) is 12.4. The zero-order valence-electron chi connectivity index (χ0n) is 12.2. The van der Waals surface area contributed by atoms with Crippen LogP contribution in [-0.2, 0) is 0 Å². The first-order chi connectivity index (χ1) is 10.8. The molecule has 0 fully saturated rings. The fourth-order valence-corrected chi connectivity index (χ4v) is 2.32. The van der Waals surface area contributed by atoms with Crippen LogP contribution in [0.1, 0.15) is 18.3 Å². The van der Waals surface area contributed by atoms with Gasteiger partial charge in [0, 0.05) is 0 Å². The van der Waals surface area contributed by atoms with E-state index in [9.17, 15) is 5.26 Å². The Labute approximate surface area is 129 Å². The Morgan fingerprint density at radius 2 is 1.82 bits per heavy atom. The van der Waals surface area contributed by atoms with E-state index in [4.69, 9.17) is 0 Å². The maximum atomic E-state index is 9.41. The number of nitrogens with zero attached hydrogens (tertiary/aromatic N) is 2. The third kappa shape index (κ3) is 2.97. The second-order valence-corrected chi connectivity index (χ2v) is 5.07. The summed E-state index contributed by atoms with van der Waals surface area (Å²) in [7, 11) is 0. The molecule has 0 atom stereocenters. The van der Waals surface area contributed by atoms with Gasteiger partial charge in [0.25, 0.3) is 0 Å². The molecule has 3 aromatic rings. The van der Waals surface area contributed by atoms with Crippen LogP contribution in [0.3, 0.4) is 0 Å². The highest BCUT2D eigenvalue weighted by atomic mass is 14.9. The van der Waals surface area contributed by atoms with E-state index in [0.29, 0.717) is 11.4 Å². The van der Waals surface area contributed by atoms with Crippen LogP contribution in [0.5, 0.6) is 0 Å². The molecular weight excluding hydrogens is 270 g/mol. The number of benzene rings is 2. The van der Waals surface area contributed by atoms with E-state index in [0.717, 1.165) is 22.2 Å². The summed E-state index contributed by atoms with van der Waals surface area (Å²) in [6.07, 6.45) is 3.89. The van der Waals surface area contributed by atoms with Crippen molar-refractivity contribution in [1.29, 1.82) is 5.26 Å². The number of H-pyrrole nitrogens is 1. The second kappa shape index (κ2) is 6.11. The zero-order valence-corrected chi connectivity index (χ0v) is 12.2. The average molecular weight is 285 g/mol. The van der Waals surface area contributed by atoms with E-state index >= 15 is 0 Å². The van der Waals surface area contributed by atoms with Crippen molar-refractivity contribution in [2.75, 3.05) is 0 Å². The molecule has 1 aromatic heterocycles. The standard InChI is InChI=1S/C19H15N3/c1-14(11-15-7-3-2-4-8-15)12-16(13-20)19-21-17-9-5-6-10-18(17)22-19/h2-12H,1H3,(H,21,22). The Bertz CT molecular complexity index is 860. The summed E-state index contributed by atoms with van der Waals surface area (Å²) in [4.78, 5) is 7.66. The fraction of sp³-hybridized carbons (Fsp3) is 0.0526. The van der Waals surface area contributed by atoms with Crippen molar-refractivity contribution in [2.24, 2.45) is 0 Å². The number of nitrogens with one attached hydrogen (secondary N) is 1. The number of aromatic nitrogens is 2. The molecule has 0 bridgehead atoms. The van der Waals surface area contributed by atoms with Gasteiger partial charge in [-0.3, -0.25) is 0 Å². The van der Waals surface area contributed by atoms with Crippen LogP contribution in [0.15, 0.2) is 66.2 Å². The number of fused-ring (bicyclic) bond motifs is 1. The Morgan fingerprint density at radius 1 is 1.09 bits per heavy atom. The summed E-state index contributed by atoms with van der Waals surface area (Å²) < 4.78 is 0. The smallest absolute Gasteiger partial charge is 0.149 e. The molecule has 2 aromatic carbocycles. The van der Waals surface area contributed by atoms with Crippen molar-refractivity contribution in [2.45, 2.75) is 6.92 Å². The maximum Gasteiger partial charge on any atom is 0.149 e. The van der Waals surface area contributed by atoms with Crippen molar-refractivity contribution >= 4 is 22.7 Å². The van der Waals surface area contributed by atoms with Crippen molar-refractivity contribution in [3.8, 4) is 6.07 Å². The van der Waals surface area contributed by atoms with E-state index in [1.165, 1.54) is 0 Å². The van der Waals surface area contributed by atoms with Gasteiger partial charge in [-0.25, -0.2) is 4.98 Å². The molecule has 0 aliphatic rings. The van der Waals surface area contributed by atoms with Gasteiger partial charge in [0.05, 0.1) is 16.6 Å². The van der Waals surface area contributed by atoms with Gasteiger partial charge < -0.3 is 4.98 Å². The largest absolute Gasteiger partial charge is 0.337 e. The van der Waals surface area contributed by atoms with Crippen LogP contribution in [0.4, 0.5) is 0 Å². The minimum absolute atomic E-state index is 0.529. The Balaban J connectivity index is 1.96. The predicted molar refractivity (Wildman–Crippen MR) is 89.8 cm³/mol. The second-order valence-electron chi connectivity index (χ2n) is 5.07. The van der Waals surface area contributed by atoms with Gasteiger partial charge in [-0.2, -0.15) is 5.26 Å². The monoisotopic (exact) mass is 285 g/mol. The van der Waals surface area contributed by atoms with Gasteiger partial charge in [-0.05, 0) is 36.3 Å². The summed E-state index contributed by atoms with van der Waals surface area (Å²) in [5, 5.41) is 9.41. The van der Waals surface area contributed by atoms with Crippen LogP contribution in [0.25, 0.3) is 22.7 Å². The topological polar surface area (TPSA) is 52.5 Å². The van der Waals surface area contributed by atoms with Gasteiger partial charge in [-0.1, -0.05) is 48.5 Å². The molecule has 1 N–H and O–H groups in total. The number of nitriles is 1. The highest BCUT2D eigenvalue weighted by Crippen LogP contribution is 2.18. The van der Waals surface area contributed by atoms with Crippen molar-refractivity contribution < 1.29 is 0 Å². The predicted octanol–water partition coefficient (Wildman–Crippen LogP) is 4.57. The Hall–Kier alpha value is -3.12. The molecule has 106 valence electrons. The molecule has 22 heavy (non-hydrogen) atoms. The molecule has 3 heteroatoms. The van der Waals surface area contributed by atoms with E-state index in [-0.39, 0.29) is 0 Å². The summed E-state index contributed by atoms with van der Waals surface area (Å²) >= 11 is 0. The summed E-state index contributed by atoms with van der Waals surface area (Å²) in [6, 6.07) is 20.0. The number of para-hydroxylation sites is 2. The summed E-state index contributed by atoms with van der Waals surface area (Å²) in [5.74, 6) is 0.601. The highest BCUT2D eigenvalue weighted by Gasteiger charge is 2.07. The molecule has 3 nitrogen and oxygen atoms in total. The molecule has 0 saturated heterocycles. The van der Waals surface area contributed by atoms with Gasteiger partial charge in [0.1, 0.15) is 11.9 Å². The zero-order chi connectivity index (χ0) is 15.4. The lowest BCUT2D eigenvalue weighted by Gasteiger charge is -1.97. The molecule has 3 rings (SSSR count). The first-order valence-corrected chi connectivity index (χ1v) is 7.06. The van der Waals surface area contributed by atoms with Gasteiger partial charge in [-0.15, -0.1) is 0 Å². The lowest BCUT2D eigenvalue weighted by molar-refractivity contribution is 1.27. The van der Waals surface area contributed by atoms with Crippen LogP contribution in [-0.4, -0.2) is 9.97 Å². The first kappa shape index (κ1) is 13.8. The van der Waals surface area contributed by atoms with Gasteiger partial charge in [0.15, 0.2) is 0 Å². The van der Waals surface area contributed by atoms with Crippen molar-refractivity contribution in [3.63, 3.8) is 0 Å². The average Bonchev–Trinajstić information content (AvgIpc) is 2.97. The summed E-state index contributed by atoms with van der Waals surface area (Å²) in [6.45, 7) is 1.98. The van der Waals surface area contributed by atoms with E-state index in [1.807, 2.05) is 73.7 Å². The molecule has 0 radical (unpaired) electrons. The van der Waals surface area contributed by atoms with Crippen molar-refractivity contribution in [1.82, 2.24) is 9.97 Å². The lowest BCUT2D eigenvalue weighted by Crippen LogP contribution is -1.85. The number of aromatic amines is 1. The Kier molecular flexibility index (Phi) is 3.84. The number of hydrogen-bond donors (Lipinski definition) is 1. The number of hydrogen-bond acceptors (Lipinski definition) is 2. The Morgan fingerprint density at radius 3 is 2.55 bits per heavy atom. The molecule has 0 aliphatic heterocycles. The maximum absolute atomic E-state index is 9.41. The van der Waals surface area contributed by atoms with Crippen LogP contribution in [0.2, 0.25) is 0 Å². The lowest BCUT2D eigenvalue weighted by atomic mass is 10.1. The van der Waals surface area contributed by atoms with Crippen molar-refractivity contribution in [3.05, 3.63) is 77.6 Å². The molecule has 0 spiro atoms. The number of allylic oxidation sites excluding steroid dienone is 3. The van der Waals surface area contributed by atoms with E-state index in [2.05, 4.69) is 16.0 Å². The third-order valence-corrected chi connectivity index (χ3v) is 3.33. The van der Waals surface area contributed by atoms with E-state index < -0.39 is 0 Å².